The van der Waals surface area contributed by atoms with Crippen LogP contribution in [0.1, 0.15) is 50.5 Å². The Bertz CT molecular complexity index is 593. The Kier molecular flexibility index (Phi) is 4.83. The van der Waals surface area contributed by atoms with Gasteiger partial charge in [0.2, 0.25) is 5.91 Å². The minimum Gasteiger partial charge on any atom is -0.383 e. The third-order valence-electron chi connectivity index (χ3n) is 6.58. The summed E-state index contributed by atoms with van der Waals surface area (Å²) in [5.74, 6) is 0.555. The molecule has 136 valence electrons. The maximum atomic E-state index is 12.9. The third-order valence-corrected chi connectivity index (χ3v) is 6.58. The van der Waals surface area contributed by atoms with E-state index in [0.29, 0.717) is 25.4 Å². The maximum Gasteiger partial charge on any atom is 0.225 e. The normalized spacial score (nSPS) is 31.6. The SMILES string of the molecule is O=C(C1CCCC1)N1CCC(O)(c2ccccc2)C(N2CCCC2)C1. The van der Waals surface area contributed by atoms with Crippen molar-refractivity contribution in [3.05, 3.63) is 35.9 Å². The highest BCUT2D eigenvalue weighted by molar-refractivity contribution is 5.79. The Morgan fingerprint density at radius 1 is 1.00 bits per heavy atom. The zero-order valence-electron chi connectivity index (χ0n) is 15.1. The molecule has 4 nitrogen and oxygen atoms in total. The lowest BCUT2D eigenvalue weighted by Crippen LogP contribution is -2.61. The predicted molar refractivity (Wildman–Crippen MR) is 98.1 cm³/mol. The van der Waals surface area contributed by atoms with Crippen LogP contribution in [0, 0.1) is 5.92 Å². The molecule has 1 aromatic carbocycles. The van der Waals surface area contributed by atoms with Crippen LogP contribution in [0.25, 0.3) is 0 Å². The lowest BCUT2D eigenvalue weighted by atomic mass is 9.79. The van der Waals surface area contributed by atoms with Crippen molar-refractivity contribution in [1.82, 2.24) is 9.80 Å². The van der Waals surface area contributed by atoms with E-state index in [4.69, 9.17) is 0 Å². The van der Waals surface area contributed by atoms with Crippen LogP contribution in [0.15, 0.2) is 30.3 Å². The molecular weight excluding hydrogens is 312 g/mol. The van der Waals surface area contributed by atoms with Gasteiger partial charge in [-0.05, 0) is 50.8 Å². The van der Waals surface area contributed by atoms with Gasteiger partial charge in [0.05, 0.1) is 6.04 Å². The minimum atomic E-state index is -0.849. The van der Waals surface area contributed by atoms with Gasteiger partial charge in [-0.2, -0.15) is 0 Å². The zero-order chi connectivity index (χ0) is 17.3. The molecule has 25 heavy (non-hydrogen) atoms. The molecule has 4 heteroatoms. The molecule has 3 fully saturated rings. The highest BCUT2D eigenvalue weighted by Gasteiger charge is 2.47. The summed E-state index contributed by atoms with van der Waals surface area (Å²) in [6, 6.07) is 10.1. The van der Waals surface area contributed by atoms with Crippen LogP contribution in [0.5, 0.6) is 0 Å². The van der Waals surface area contributed by atoms with Crippen molar-refractivity contribution in [1.29, 1.82) is 0 Å². The Morgan fingerprint density at radius 3 is 2.36 bits per heavy atom. The molecule has 4 rings (SSSR count). The summed E-state index contributed by atoms with van der Waals surface area (Å²) in [5.41, 5.74) is 0.151. The summed E-state index contributed by atoms with van der Waals surface area (Å²) in [6.07, 6.45) is 7.49. The predicted octanol–water partition coefficient (Wildman–Crippen LogP) is 2.76. The Labute approximate surface area is 150 Å². The standard InChI is InChI=1S/C21H30N2O2/c24-20(17-8-4-5-9-17)23-15-12-21(25,18-10-2-1-3-11-18)19(16-23)22-13-6-7-14-22/h1-3,10-11,17,19,25H,4-9,12-16H2. The maximum absolute atomic E-state index is 12.9. The second-order valence-corrected chi connectivity index (χ2v) is 8.06. The number of rotatable bonds is 3. The van der Waals surface area contributed by atoms with E-state index in [1.807, 2.05) is 30.3 Å². The van der Waals surface area contributed by atoms with Gasteiger partial charge in [-0.1, -0.05) is 43.2 Å². The van der Waals surface area contributed by atoms with Gasteiger partial charge < -0.3 is 10.0 Å². The molecule has 2 heterocycles. The molecule has 1 saturated carbocycles. The molecule has 0 radical (unpaired) electrons. The van der Waals surface area contributed by atoms with Crippen molar-refractivity contribution in [2.45, 2.75) is 56.6 Å². The average Bonchev–Trinajstić information content (AvgIpc) is 3.36. The Balaban J connectivity index is 1.58. The number of hydrogen-bond acceptors (Lipinski definition) is 3. The molecule has 2 aliphatic heterocycles. The van der Waals surface area contributed by atoms with Crippen LogP contribution < -0.4 is 0 Å². The molecule has 0 bridgehead atoms. The highest BCUT2D eigenvalue weighted by atomic mass is 16.3. The van der Waals surface area contributed by atoms with Crippen molar-refractivity contribution in [2.75, 3.05) is 26.2 Å². The highest BCUT2D eigenvalue weighted by Crippen LogP contribution is 2.38. The van der Waals surface area contributed by atoms with Crippen LogP contribution in [0.4, 0.5) is 0 Å². The van der Waals surface area contributed by atoms with E-state index in [-0.39, 0.29) is 12.0 Å². The number of carbonyl (C=O) groups is 1. The van der Waals surface area contributed by atoms with Crippen molar-refractivity contribution < 1.29 is 9.90 Å². The second-order valence-electron chi connectivity index (χ2n) is 8.06. The van der Waals surface area contributed by atoms with E-state index < -0.39 is 5.60 Å². The fourth-order valence-corrected chi connectivity index (χ4v) is 5.09. The number of aliphatic hydroxyl groups is 1. The molecule has 3 aliphatic rings. The van der Waals surface area contributed by atoms with E-state index in [1.54, 1.807) is 0 Å². The fourth-order valence-electron chi connectivity index (χ4n) is 5.09. The van der Waals surface area contributed by atoms with Gasteiger partial charge in [-0.15, -0.1) is 0 Å². The van der Waals surface area contributed by atoms with Gasteiger partial charge in [-0.3, -0.25) is 9.69 Å². The number of carbonyl (C=O) groups excluding carboxylic acids is 1. The van der Waals surface area contributed by atoms with Gasteiger partial charge in [0.15, 0.2) is 0 Å². The van der Waals surface area contributed by atoms with Gasteiger partial charge in [0, 0.05) is 19.0 Å². The molecule has 2 saturated heterocycles. The number of amides is 1. The monoisotopic (exact) mass is 342 g/mol. The second kappa shape index (κ2) is 7.08. The molecule has 1 aliphatic carbocycles. The van der Waals surface area contributed by atoms with Crippen LogP contribution in [0.3, 0.4) is 0 Å². The van der Waals surface area contributed by atoms with E-state index >= 15 is 0 Å². The van der Waals surface area contributed by atoms with Gasteiger partial charge in [0.25, 0.3) is 0 Å². The van der Waals surface area contributed by atoms with E-state index in [1.165, 1.54) is 25.7 Å². The van der Waals surface area contributed by atoms with Gasteiger partial charge >= 0.3 is 0 Å². The van der Waals surface area contributed by atoms with E-state index in [0.717, 1.165) is 31.5 Å². The Hall–Kier alpha value is -1.39. The number of piperidine rings is 1. The molecule has 0 aromatic heterocycles. The van der Waals surface area contributed by atoms with Crippen molar-refractivity contribution >= 4 is 5.91 Å². The number of nitrogens with zero attached hydrogens (tertiary/aromatic N) is 2. The lowest BCUT2D eigenvalue weighted by Gasteiger charge is -2.49. The van der Waals surface area contributed by atoms with Crippen molar-refractivity contribution in [2.24, 2.45) is 5.92 Å². The molecule has 1 aromatic rings. The number of benzene rings is 1. The molecule has 0 spiro atoms. The van der Waals surface area contributed by atoms with Gasteiger partial charge in [0.1, 0.15) is 5.60 Å². The molecule has 2 atom stereocenters. The first-order valence-electron chi connectivity index (χ1n) is 9.99. The molecule has 1 amide bonds. The first kappa shape index (κ1) is 17.0. The minimum absolute atomic E-state index is 0.0107. The van der Waals surface area contributed by atoms with Crippen molar-refractivity contribution in [3.63, 3.8) is 0 Å². The van der Waals surface area contributed by atoms with Crippen molar-refractivity contribution in [3.8, 4) is 0 Å². The molecular formula is C21H30N2O2. The largest absolute Gasteiger partial charge is 0.383 e. The quantitative estimate of drug-likeness (QED) is 0.919. The topological polar surface area (TPSA) is 43.8 Å². The van der Waals surface area contributed by atoms with Crippen LogP contribution in [-0.2, 0) is 10.4 Å². The fraction of sp³-hybridized carbons (Fsp3) is 0.667. The molecule has 1 N–H and O–H groups in total. The average molecular weight is 342 g/mol. The summed E-state index contributed by atoms with van der Waals surface area (Å²) in [5, 5.41) is 11.6. The first-order valence-corrected chi connectivity index (χ1v) is 9.99. The lowest BCUT2D eigenvalue weighted by molar-refractivity contribution is -0.147. The third kappa shape index (κ3) is 3.22. The molecule has 2 unspecified atom stereocenters. The van der Waals surface area contributed by atoms with Crippen LogP contribution >= 0.6 is 0 Å². The number of likely N-dealkylation sites (tertiary alicyclic amines) is 2. The number of hydrogen-bond donors (Lipinski definition) is 1. The van der Waals surface area contributed by atoms with Gasteiger partial charge in [-0.25, -0.2) is 0 Å². The smallest absolute Gasteiger partial charge is 0.225 e. The summed E-state index contributed by atoms with van der Waals surface area (Å²) < 4.78 is 0. The van der Waals surface area contributed by atoms with E-state index in [9.17, 15) is 9.90 Å². The van der Waals surface area contributed by atoms with Crippen LogP contribution in [-0.4, -0.2) is 53.0 Å². The summed E-state index contributed by atoms with van der Waals surface area (Å²) in [4.78, 5) is 17.4. The zero-order valence-corrected chi connectivity index (χ0v) is 15.1. The van der Waals surface area contributed by atoms with Crippen LogP contribution in [0.2, 0.25) is 0 Å². The van der Waals surface area contributed by atoms with E-state index in [2.05, 4.69) is 9.80 Å². The summed E-state index contributed by atoms with van der Waals surface area (Å²) in [7, 11) is 0. The first-order chi connectivity index (χ1) is 12.2. The Morgan fingerprint density at radius 2 is 1.68 bits per heavy atom. The summed E-state index contributed by atoms with van der Waals surface area (Å²) in [6.45, 7) is 3.41. The summed E-state index contributed by atoms with van der Waals surface area (Å²) >= 11 is 0.